The van der Waals surface area contributed by atoms with E-state index in [1.165, 1.54) is 0 Å². The summed E-state index contributed by atoms with van der Waals surface area (Å²) in [7, 11) is 0. The van der Waals surface area contributed by atoms with Crippen LogP contribution in [0, 0.1) is 0 Å². The molecule has 29 heavy (non-hydrogen) atoms. The molecule has 5 aromatic rings. The van der Waals surface area contributed by atoms with Crippen molar-refractivity contribution in [2.75, 3.05) is 0 Å². The van der Waals surface area contributed by atoms with E-state index in [9.17, 15) is 0 Å². The Labute approximate surface area is 183 Å². The number of halogens is 1. The van der Waals surface area contributed by atoms with Crippen molar-refractivity contribution in [3.05, 3.63) is 102 Å². The van der Waals surface area contributed by atoms with E-state index in [1.54, 1.807) is 24.3 Å². The first kappa shape index (κ1) is 11.4. The smallest absolute Gasteiger partial charge is 0.208 e. The Bertz CT molecular complexity index is 1650. The Kier molecular flexibility index (Phi) is 2.94. The minimum Gasteiger partial charge on any atom is -0.208 e. The highest BCUT2D eigenvalue weighted by molar-refractivity contribution is 6.28. The predicted molar refractivity (Wildman–Crippen MR) is 119 cm³/mol. The lowest BCUT2D eigenvalue weighted by molar-refractivity contribution is 1.07. The van der Waals surface area contributed by atoms with Gasteiger partial charge < -0.3 is 0 Å². The molecule has 0 N–H and O–H groups in total. The van der Waals surface area contributed by atoms with Crippen molar-refractivity contribution in [3.8, 4) is 33.9 Å². The topological polar surface area (TPSA) is 38.7 Å². The van der Waals surface area contributed by atoms with Gasteiger partial charge in [0.15, 0.2) is 11.6 Å². The van der Waals surface area contributed by atoms with Crippen LogP contribution in [0.3, 0.4) is 0 Å². The molecule has 0 aliphatic rings. The lowest BCUT2D eigenvalue weighted by Gasteiger charge is -2.08. The van der Waals surface area contributed by atoms with Gasteiger partial charge in [-0.05, 0) is 33.5 Å². The summed E-state index contributed by atoms with van der Waals surface area (Å²) in [6.07, 6.45) is 0. The maximum atomic E-state index is 8.51. The van der Waals surface area contributed by atoms with E-state index in [1.807, 2.05) is 30.3 Å². The van der Waals surface area contributed by atoms with Crippen LogP contribution in [0.25, 0.3) is 44.7 Å². The third kappa shape index (κ3) is 3.48. The van der Waals surface area contributed by atoms with Gasteiger partial charge in [-0.25, -0.2) is 4.98 Å². The van der Waals surface area contributed by atoms with Gasteiger partial charge in [-0.3, -0.25) is 0 Å². The molecule has 0 atom stereocenters. The van der Waals surface area contributed by atoms with Crippen LogP contribution < -0.4 is 0 Å². The van der Waals surface area contributed by atoms with Gasteiger partial charge >= 0.3 is 0 Å². The molecule has 1 heterocycles. The summed E-state index contributed by atoms with van der Waals surface area (Å²) in [6, 6.07) is 13.2. The molecule has 138 valence electrons. The molecular formula is C25H16ClN3. The molecular weight excluding hydrogens is 378 g/mol. The van der Waals surface area contributed by atoms with Gasteiger partial charge in [0.1, 0.15) is 0 Å². The Hall–Kier alpha value is -3.56. The van der Waals surface area contributed by atoms with Crippen LogP contribution in [0.5, 0.6) is 0 Å². The first-order valence-corrected chi connectivity index (χ1v) is 9.14. The summed E-state index contributed by atoms with van der Waals surface area (Å²) in [5, 5.41) is -0.0182. The van der Waals surface area contributed by atoms with Crippen molar-refractivity contribution >= 4 is 22.4 Å². The third-order valence-electron chi connectivity index (χ3n) is 4.38. The molecule has 0 radical (unpaired) electrons. The Morgan fingerprint density at radius 1 is 0.621 bits per heavy atom. The second kappa shape index (κ2) is 7.46. The summed E-state index contributed by atoms with van der Waals surface area (Å²) >= 11 is 6.16. The lowest BCUT2D eigenvalue weighted by atomic mass is 9.97. The molecule has 3 nitrogen and oxygen atoms in total. The highest BCUT2D eigenvalue weighted by atomic mass is 35.5. The van der Waals surface area contributed by atoms with Crippen molar-refractivity contribution < 1.29 is 9.60 Å². The maximum absolute atomic E-state index is 8.51. The molecule has 4 heteroatoms. The van der Waals surface area contributed by atoms with Crippen molar-refractivity contribution in [2.45, 2.75) is 0 Å². The highest BCUT2D eigenvalue weighted by Gasteiger charge is 2.10. The van der Waals surface area contributed by atoms with Crippen LogP contribution in [0.4, 0.5) is 0 Å². The Morgan fingerprint density at radius 3 is 2.00 bits per heavy atom. The lowest BCUT2D eigenvalue weighted by Crippen LogP contribution is -1.97. The summed E-state index contributed by atoms with van der Waals surface area (Å²) in [5.41, 5.74) is 2.00. The standard InChI is InChI=1S/C25H16ClN3/c26-25-28-23(19-8-2-1-3-9-19)27-24(29-25)20-15-13-18(14-16-20)22-12-6-10-17-7-4-5-11-21(17)22/h1-16H/i4D,5D,6D,7D,10D,11D,12D. The largest absolute Gasteiger partial charge is 0.226 e. The second-order valence-electron chi connectivity index (χ2n) is 6.20. The van der Waals surface area contributed by atoms with Crippen LogP contribution in [0.15, 0.2) is 96.9 Å². The quantitative estimate of drug-likeness (QED) is 0.339. The van der Waals surface area contributed by atoms with Gasteiger partial charge in [0.05, 0.1) is 9.60 Å². The molecule has 5 rings (SSSR count). The average molecular weight is 401 g/mol. The summed E-state index contributed by atoms with van der Waals surface area (Å²) in [4.78, 5) is 12.9. The van der Waals surface area contributed by atoms with E-state index in [0.717, 1.165) is 5.56 Å². The van der Waals surface area contributed by atoms with E-state index < -0.39 is 30.2 Å². The molecule has 0 aliphatic carbocycles. The molecule has 4 aromatic carbocycles. The van der Waals surface area contributed by atoms with E-state index >= 15 is 0 Å². The maximum Gasteiger partial charge on any atom is 0.226 e. The SMILES string of the molecule is [2H]c1c([2H])c([2H])c2c(-c3ccc(-c4nc(Cl)nc(-c5ccccc5)n4)cc3)c([2H])c([2H])c([2H])c2c1[2H]. The minimum absolute atomic E-state index is 0.0308. The first-order valence-electron chi connectivity index (χ1n) is 12.3. The van der Waals surface area contributed by atoms with Crippen LogP contribution in [-0.2, 0) is 0 Å². The molecule has 0 bridgehead atoms. The zero-order valence-corrected chi connectivity index (χ0v) is 15.7. The first-order chi connectivity index (χ1) is 17.2. The molecule has 0 unspecified atom stereocenters. The third-order valence-corrected chi connectivity index (χ3v) is 4.55. The van der Waals surface area contributed by atoms with Gasteiger partial charge in [-0.15, -0.1) is 0 Å². The molecule has 0 fully saturated rings. The summed E-state index contributed by atoms with van der Waals surface area (Å²) in [6.45, 7) is 0. The van der Waals surface area contributed by atoms with Crippen molar-refractivity contribution in [2.24, 2.45) is 0 Å². The van der Waals surface area contributed by atoms with Crippen molar-refractivity contribution in [1.82, 2.24) is 15.0 Å². The number of hydrogen-bond acceptors (Lipinski definition) is 3. The second-order valence-corrected chi connectivity index (χ2v) is 6.53. The van der Waals surface area contributed by atoms with E-state index in [2.05, 4.69) is 15.0 Å². The van der Waals surface area contributed by atoms with Crippen LogP contribution in [0.2, 0.25) is 5.28 Å². The van der Waals surface area contributed by atoms with E-state index in [4.69, 9.17) is 21.2 Å². The Morgan fingerprint density at radius 2 is 1.24 bits per heavy atom. The minimum atomic E-state index is -0.486. The number of rotatable bonds is 3. The molecule has 0 saturated carbocycles. The van der Waals surface area contributed by atoms with Gasteiger partial charge in [0.2, 0.25) is 5.28 Å². The number of benzene rings is 4. The highest BCUT2D eigenvalue weighted by Crippen LogP contribution is 2.30. The molecule has 1 aromatic heterocycles. The number of aromatic nitrogens is 3. The zero-order valence-electron chi connectivity index (χ0n) is 21.9. The average Bonchev–Trinajstić information content (AvgIpc) is 2.89. The van der Waals surface area contributed by atoms with E-state index in [-0.39, 0.29) is 33.7 Å². The van der Waals surface area contributed by atoms with Crippen LogP contribution in [-0.4, -0.2) is 15.0 Å². The van der Waals surface area contributed by atoms with E-state index in [0.29, 0.717) is 22.8 Å². The van der Waals surface area contributed by atoms with Gasteiger partial charge in [0.25, 0.3) is 0 Å². The fourth-order valence-electron chi connectivity index (χ4n) is 3.01. The summed E-state index contributed by atoms with van der Waals surface area (Å²) < 4.78 is 57.7. The Balaban J connectivity index is 1.68. The number of hydrogen-bond donors (Lipinski definition) is 0. The monoisotopic (exact) mass is 400 g/mol. The number of nitrogens with zero attached hydrogens (tertiary/aromatic N) is 3. The van der Waals surface area contributed by atoms with Gasteiger partial charge in [0, 0.05) is 11.1 Å². The predicted octanol–water partition coefficient (Wildman–Crippen LogP) is 6.68. The summed E-state index contributed by atoms with van der Waals surface area (Å²) in [5.74, 6) is 0.746. The fraction of sp³-hybridized carbons (Fsp3) is 0. The van der Waals surface area contributed by atoms with Crippen molar-refractivity contribution in [3.63, 3.8) is 0 Å². The fourth-order valence-corrected chi connectivity index (χ4v) is 3.17. The molecule has 0 amide bonds. The normalized spacial score (nSPS) is 14.3. The van der Waals surface area contributed by atoms with Gasteiger partial charge in [-0.1, -0.05) is 96.9 Å². The van der Waals surface area contributed by atoms with Crippen LogP contribution >= 0.6 is 11.6 Å². The van der Waals surface area contributed by atoms with Crippen LogP contribution in [0.1, 0.15) is 9.60 Å². The van der Waals surface area contributed by atoms with Gasteiger partial charge in [-0.2, -0.15) is 9.97 Å². The molecule has 0 saturated heterocycles. The molecule has 0 spiro atoms. The zero-order chi connectivity index (χ0) is 25.7. The number of fused-ring (bicyclic) bond motifs is 1. The van der Waals surface area contributed by atoms with Crippen molar-refractivity contribution in [1.29, 1.82) is 0 Å². The molecule has 0 aliphatic heterocycles.